The topological polar surface area (TPSA) is 54.0 Å². The quantitative estimate of drug-likeness (QED) is 0.888. The second-order valence-electron chi connectivity index (χ2n) is 5.94. The van der Waals surface area contributed by atoms with E-state index in [0.29, 0.717) is 17.5 Å². The molecule has 110 valence electrons. The first-order chi connectivity index (χ1) is 9.60. The van der Waals surface area contributed by atoms with Crippen molar-refractivity contribution in [3.05, 3.63) is 23.9 Å². The van der Waals surface area contributed by atoms with Crippen LogP contribution in [0.15, 0.2) is 18.3 Å². The van der Waals surface area contributed by atoms with Gasteiger partial charge in [0.2, 0.25) is 0 Å². The Balaban J connectivity index is 1.99. The number of hydrogen-bond donors (Lipinski definition) is 2. The van der Waals surface area contributed by atoms with E-state index >= 15 is 0 Å². The molecule has 3 unspecified atom stereocenters. The summed E-state index contributed by atoms with van der Waals surface area (Å²) in [5.74, 6) is 2.10. The van der Waals surface area contributed by atoms with Crippen LogP contribution in [0, 0.1) is 11.8 Å². The molecule has 1 aliphatic rings. The third-order valence-corrected chi connectivity index (χ3v) is 4.13. The van der Waals surface area contributed by atoms with Crippen molar-refractivity contribution in [1.29, 1.82) is 0 Å². The lowest BCUT2D eigenvalue weighted by molar-refractivity contribution is 0.0899. The summed E-state index contributed by atoms with van der Waals surface area (Å²) in [5, 5.41) is 6.31. The lowest BCUT2D eigenvalue weighted by Crippen LogP contribution is -2.42. The molecule has 1 aromatic heterocycles. The van der Waals surface area contributed by atoms with E-state index in [1.54, 1.807) is 12.3 Å². The van der Waals surface area contributed by atoms with Crippen molar-refractivity contribution in [3.8, 4) is 0 Å². The van der Waals surface area contributed by atoms with Crippen LogP contribution >= 0.6 is 0 Å². The van der Waals surface area contributed by atoms with Gasteiger partial charge in [-0.2, -0.15) is 0 Å². The first-order valence-electron chi connectivity index (χ1n) is 7.61. The zero-order valence-corrected chi connectivity index (χ0v) is 12.6. The monoisotopic (exact) mass is 275 g/mol. The Morgan fingerprint density at radius 1 is 1.40 bits per heavy atom. The second-order valence-corrected chi connectivity index (χ2v) is 5.94. The molecule has 2 rings (SSSR count). The van der Waals surface area contributed by atoms with Gasteiger partial charge in [0.15, 0.2) is 0 Å². The summed E-state index contributed by atoms with van der Waals surface area (Å²) in [7, 11) is 0. The number of nitrogens with one attached hydrogen (secondary N) is 2. The Kier molecular flexibility index (Phi) is 4.99. The zero-order chi connectivity index (χ0) is 14.5. The molecular formula is C16H25N3O. The van der Waals surface area contributed by atoms with Gasteiger partial charge in [0.05, 0.1) is 0 Å². The maximum absolute atomic E-state index is 12.3. The minimum absolute atomic E-state index is 0.0120. The fraction of sp³-hybridized carbons (Fsp3) is 0.625. The molecule has 1 aliphatic carbocycles. The predicted octanol–water partition coefficient (Wildman–Crippen LogP) is 3.07. The van der Waals surface area contributed by atoms with Crippen molar-refractivity contribution in [1.82, 2.24) is 10.3 Å². The van der Waals surface area contributed by atoms with Crippen molar-refractivity contribution in [2.24, 2.45) is 11.8 Å². The molecule has 1 amide bonds. The van der Waals surface area contributed by atoms with Crippen LogP contribution in [0.3, 0.4) is 0 Å². The van der Waals surface area contributed by atoms with Gasteiger partial charge < -0.3 is 10.6 Å². The van der Waals surface area contributed by atoms with E-state index in [4.69, 9.17) is 0 Å². The highest BCUT2D eigenvalue weighted by Gasteiger charge is 2.26. The lowest BCUT2D eigenvalue weighted by atomic mass is 9.80. The minimum Gasteiger partial charge on any atom is -0.370 e. The van der Waals surface area contributed by atoms with Crippen LogP contribution in [0.25, 0.3) is 0 Å². The van der Waals surface area contributed by atoms with Crippen molar-refractivity contribution in [3.63, 3.8) is 0 Å². The molecule has 0 radical (unpaired) electrons. The van der Waals surface area contributed by atoms with Crippen molar-refractivity contribution < 1.29 is 4.79 Å². The Morgan fingerprint density at radius 2 is 2.20 bits per heavy atom. The van der Waals surface area contributed by atoms with Crippen LogP contribution in [0.2, 0.25) is 0 Å². The zero-order valence-electron chi connectivity index (χ0n) is 12.6. The van der Waals surface area contributed by atoms with E-state index < -0.39 is 0 Å². The number of nitrogens with zero attached hydrogens (tertiary/aromatic N) is 1. The largest absolute Gasteiger partial charge is 0.370 e. The predicted molar refractivity (Wildman–Crippen MR) is 81.8 cm³/mol. The second kappa shape index (κ2) is 6.73. The fourth-order valence-corrected chi connectivity index (χ4v) is 2.98. The molecular weight excluding hydrogens is 250 g/mol. The molecule has 0 saturated heterocycles. The number of aromatic nitrogens is 1. The average Bonchev–Trinajstić information content (AvgIpc) is 2.42. The van der Waals surface area contributed by atoms with Gasteiger partial charge >= 0.3 is 0 Å². The van der Waals surface area contributed by atoms with Crippen LogP contribution in [0.1, 0.15) is 50.4 Å². The molecule has 1 aromatic rings. The van der Waals surface area contributed by atoms with E-state index in [-0.39, 0.29) is 5.91 Å². The Hall–Kier alpha value is -1.58. The summed E-state index contributed by atoms with van der Waals surface area (Å²) in [6, 6.07) is 3.88. The molecule has 1 heterocycles. The van der Waals surface area contributed by atoms with E-state index in [1.807, 2.05) is 13.0 Å². The molecule has 0 bridgehead atoms. The summed E-state index contributed by atoms with van der Waals surface area (Å²) in [6.07, 6.45) is 5.16. The molecule has 1 fully saturated rings. The first kappa shape index (κ1) is 14.8. The Labute approximate surface area is 121 Å². The van der Waals surface area contributed by atoms with Gasteiger partial charge in [-0.15, -0.1) is 0 Å². The minimum atomic E-state index is 0.0120. The number of anilines is 1. The summed E-state index contributed by atoms with van der Waals surface area (Å²) in [6.45, 7) is 7.34. The number of hydrogen-bond acceptors (Lipinski definition) is 3. The van der Waals surface area contributed by atoms with Gasteiger partial charge in [0.25, 0.3) is 5.91 Å². The van der Waals surface area contributed by atoms with Crippen LogP contribution < -0.4 is 10.6 Å². The average molecular weight is 275 g/mol. The standard InChI is InChI=1S/C16H25N3O/c1-4-17-15-10-13(7-8-18-15)16(20)19-14-6-5-11(2)9-12(14)3/h7-8,10-12,14H,4-6,9H2,1-3H3,(H,17,18)(H,19,20). The molecule has 1 saturated carbocycles. The van der Waals surface area contributed by atoms with Crippen LogP contribution in [-0.2, 0) is 0 Å². The molecule has 2 N–H and O–H groups in total. The van der Waals surface area contributed by atoms with Crippen molar-refractivity contribution in [2.45, 2.75) is 46.1 Å². The highest BCUT2D eigenvalue weighted by molar-refractivity contribution is 5.95. The van der Waals surface area contributed by atoms with Crippen LogP contribution in [-0.4, -0.2) is 23.5 Å². The van der Waals surface area contributed by atoms with Crippen LogP contribution in [0.4, 0.5) is 5.82 Å². The van der Waals surface area contributed by atoms with E-state index in [2.05, 4.69) is 29.5 Å². The third-order valence-electron chi connectivity index (χ3n) is 4.13. The van der Waals surface area contributed by atoms with E-state index in [1.165, 1.54) is 12.8 Å². The SMILES string of the molecule is CCNc1cc(C(=O)NC2CCC(C)CC2C)ccn1. The molecule has 4 heteroatoms. The number of pyridine rings is 1. The van der Waals surface area contributed by atoms with E-state index in [9.17, 15) is 4.79 Å². The fourth-order valence-electron chi connectivity index (χ4n) is 2.98. The normalized spacial score (nSPS) is 26.1. The maximum atomic E-state index is 12.3. The Bertz CT molecular complexity index is 461. The Morgan fingerprint density at radius 3 is 2.90 bits per heavy atom. The lowest BCUT2D eigenvalue weighted by Gasteiger charge is -2.33. The van der Waals surface area contributed by atoms with Gasteiger partial charge in [0.1, 0.15) is 5.82 Å². The molecule has 20 heavy (non-hydrogen) atoms. The molecule has 0 spiro atoms. The van der Waals surface area contributed by atoms with Crippen LogP contribution in [0.5, 0.6) is 0 Å². The van der Waals surface area contributed by atoms with Gasteiger partial charge in [-0.25, -0.2) is 4.98 Å². The smallest absolute Gasteiger partial charge is 0.251 e. The third kappa shape index (κ3) is 3.71. The summed E-state index contributed by atoms with van der Waals surface area (Å²) in [4.78, 5) is 16.5. The van der Waals surface area contributed by atoms with Crippen molar-refractivity contribution >= 4 is 11.7 Å². The number of amides is 1. The van der Waals surface area contributed by atoms with Gasteiger partial charge in [-0.1, -0.05) is 13.8 Å². The van der Waals surface area contributed by atoms with Gasteiger partial charge in [-0.05, 0) is 50.2 Å². The summed E-state index contributed by atoms with van der Waals surface area (Å²) in [5.41, 5.74) is 0.682. The maximum Gasteiger partial charge on any atom is 0.251 e. The molecule has 4 nitrogen and oxygen atoms in total. The number of rotatable bonds is 4. The summed E-state index contributed by atoms with van der Waals surface area (Å²) < 4.78 is 0. The van der Waals surface area contributed by atoms with Crippen molar-refractivity contribution in [2.75, 3.05) is 11.9 Å². The number of carbonyl (C=O) groups excluding carboxylic acids is 1. The van der Waals surface area contributed by atoms with E-state index in [0.717, 1.165) is 24.7 Å². The number of carbonyl (C=O) groups is 1. The molecule has 0 aliphatic heterocycles. The highest BCUT2D eigenvalue weighted by Crippen LogP contribution is 2.28. The van der Waals surface area contributed by atoms with Gasteiger partial charge in [-0.3, -0.25) is 4.79 Å². The molecule has 3 atom stereocenters. The summed E-state index contributed by atoms with van der Waals surface area (Å²) >= 11 is 0. The first-order valence-corrected chi connectivity index (χ1v) is 7.61. The molecule has 0 aromatic carbocycles. The highest BCUT2D eigenvalue weighted by atomic mass is 16.1. The van der Waals surface area contributed by atoms with Gasteiger partial charge in [0, 0.05) is 24.3 Å².